The number of azo groups is 1. The molecule has 3 rings (SSSR count). The molecule has 0 radical (unpaired) electrons. The molecule has 3 aromatic carbocycles. The van der Waals surface area contributed by atoms with Crippen LogP contribution in [0.1, 0.15) is 11.1 Å². The zero-order chi connectivity index (χ0) is 19.1. The van der Waals surface area contributed by atoms with Crippen LogP contribution in [-0.2, 0) is 10.1 Å². The number of benzene rings is 3. The number of phenolic OH excluding ortho intramolecular Hbond substituents is 1. The molecule has 0 aliphatic carbocycles. The van der Waals surface area contributed by atoms with Crippen molar-refractivity contribution in [2.45, 2.75) is 18.7 Å². The van der Waals surface area contributed by atoms with Crippen molar-refractivity contribution in [2.24, 2.45) is 10.2 Å². The van der Waals surface area contributed by atoms with E-state index in [1.165, 1.54) is 13.0 Å². The molecular formula is C18H17N3O4S. The Bertz CT molecular complexity index is 1150. The lowest BCUT2D eigenvalue weighted by Crippen LogP contribution is -2.01. The summed E-state index contributed by atoms with van der Waals surface area (Å²) in [5.74, 6) is -0.262. The van der Waals surface area contributed by atoms with Gasteiger partial charge in [-0.1, -0.05) is 12.1 Å². The molecule has 0 fully saturated rings. The molecule has 134 valence electrons. The molecule has 26 heavy (non-hydrogen) atoms. The number of nitrogen functional groups attached to an aromatic ring is 1. The van der Waals surface area contributed by atoms with Crippen molar-refractivity contribution in [1.29, 1.82) is 0 Å². The molecule has 8 heteroatoms. The van der Waals surface area contributed by atoms with Gasteiger partial charge in [0.1, 0.15) is 16.3 Å². The van der Waals surface area contributed by atoms with Gasteiger partial charge in [-0.15, -0.1) is 5.11 Å². The minimum atomic E-state index is -4.52. The Morgan fingerprint density at radius 1 is 1.00 bits per heavy atom. The van der Waals surface area contributed by atoms with Crippen LogP contribution in [0.5, 0.6) is 5.75 Å². The van der Waals surface area contributed by atoms with E-state index in [1.54, 1.807) is 18.2 Å². The van der Waals surface area contributed by atoms with Crippen LogP contribution in [0.2, 0.25) is 0 Å². The second kappa shape index (κ2) is 6.40. The zero-order valence-corrected chi connectivity index (χ0v) is 14.9. The third-order valence-electron chi connectivity index (χ3n) is 4.05. The molecule has 3 aromatic rings. The Morgan fingerprint density at radius 2 is 1.73 bits per heavy atom. The summed E-state index contributed by atoms with van der Waals surface area (Å²) in [6.07, 6.45) is 0. The SMILES string of the molecule is Cc1cccc(N=Nc2c(N)ccc3c(O)c(C)c(S(=O)(=O)O)cc23)c1. The van der Waals surface area contributed by atoms with Gasteiger partial charge in [0, 0.05) is 16.3 Å². The van der Waals surface area contributed by atoms with Crippen LogP contribution in [0.25, 0.3) is 10.8 Å². The molecule has 0 saturated carbocycles. The molecular weight excluding hydrogens is 354 g/mol. The standard InChI is InChI=1S/C18H17N3O4S/c1-10-4-3-5-12(8-10)20-21-17-14-9-16(26(23,24)25)11(2)18(22)13(14)6-7-15(17)19/h3-9,22H,19H2,1-2H3,(H,23,24,25). The molecule has 7 nitrogen and oxygen atoms in total. The van der Waals surface area contributed by atoms with Gasteiger partial charge in [0.05, 0.1) is 11.4 Å². The van der Waals surface area contributed by atoms with Crippen LogP contribution in [0.3, 0.4) is 0 Å². The summed E-state index contributed by atoms with van der Waals surface area (Å²) in [7, 11) is -4.52. The van der Waals surface area contributed by atoms with E-state index < -0.39 is 15.0 Å². The van der Waals surface area contributed by atoms with E-state index in [4.69, 9.17) is 5.73 Å². The maximum absolute atomic E-state index is 11.6. The second-order valence-electron chi connectivity index (χ2n) is 5.96. The fourth-order valence-corrected chi connectivity index (χ4v) is 3.46. The van der Waals surface area contributed by atoms with Crippen LogP contribution < -0.4 is 5.73 Å². The highest BCUT2D eigenvalue weighted by molar-refractivity contribution is 7.85. The van der Waals surface area contributed by atoms with Gasteiger partial charge in [0.15, 0.2) is 0 Å². The first-order valence-corrected chi connectivity index (χ1v) is 9.13. The van der Waals surface area contributed by atoms with Crippen molar-refractivity contribution in [2.75, 3.05) is 5.73 Å². The Labute approximate surface area is 150 Å². The first kappa shape index (κ1) is 17.8. The van der Waals surface area contributed by atoms with Crippen molar-refractivity contribution >= 4 is 38.0 Å². The number of anilines is 1. The number of nitrogens with zero attached hydrogens (tertiary/aromatic N) is 2. The molecule has 0 unspecified atom stereocenters. The number of fused-ring (bicyclic) bond motifs is 1. The van der Waals surface area contributed by atoms with E-state index in [9.17, 15) is 18.1 Å². The minimum absolute atomic E-state index is 0.0475. The Kier molecular flexibility index (Phi) is 4.39. The topological polar surface area (TPSA) is 125 Å². The summed E-state index contributed by atoms with van der Waals surface area (Å²) in [4.78, 5) is -0.403. The van der Waals surface area contributed by atoms with E-state index in [0.29, 0.717) is 11.1 Å². The quantitative estimate of drug-likeness (QED) is 0.357. The lowest BCUT2D eigenvalue weighted by molar-refractivity contribution is 0.466. The zero-order valence-electron chi connectivity index (χ0n) is 14.1. The molecule has 0 aliphatic rings. The van der Waals surface area contributed by atoms with Gasteiger partial charge in [0.25, 0.3) is 10.1 Å². The highest BCUT2D eigenvalue weighted by Gasteiger charge is 2.20. The number of phenols is 1. The highest BCUT2D eigenvalue weighted by atomic mass is 32.2. The van der Waals surface area contributed by atoms with Gasteiger partial charge < -0.3 is 10.8 Å². The maximum Gasteiger partial charge on any atom is 0.294 e. The van der Waals surface area contributed by atoms with E-state index in [0.717, 1.165) is 5.56 Å². The van der Waals surface area contributed by atoms with Gasteiger partial charge in [-0.3, -0.25) is 4.55 Å². The van der Waals surface area contributed by atoms with Crippen LogP contribution >= 0.6 is 0 Å². The molecule has 4 N–H and O–H groups in total. The molecule has 0 saturated heterocycles. The fourth-order valence-electron chi connectivity index (χ4n) is 2.71. The van der Waals surface area contributed by atoms with E-state index in [2.05, 4.69) is 10.2 Å². The van der Waals surface area contributed by atoms with E-state index >= 15 is 0 Å². The van der Waals surface area contributed by atoms with Crippen molar-refractivity contribution in [3.8, 4) is 5.75 Å². The molecule has 0 bridgehead atoms. The molecule has 0 amide bonds. The van der Waals surface area contributed by atoms with Gasteiger partial charge >= 0.3 is 0 Å². The van der Waals surface area contributed by atoms with E-state index in [-0.39, 0.29) is 28.1 Å². The molecule has 0 spiro atoms. The van der Waals surface area contributed by atoms with Crippen LogP contribution in [0.4, 0.5) is 17.1 Å². The van der Waals surface area contributed by atoms with Crippen molar-refractivity contribution in [1.82, 2.24) is 0 Å². The Morgan fingerprint density at radius 3 is 2.38 bits per heavy atom. The van der Waals surface area contributed by atoms with Gasteiger partial charge in [-0.05, 0) is 49.7 Å². The lowest BCUT2D eigenvalue weighted by Gasteiger charge is -2.11. The number of hydrogen-bond acceptors (Lipinski definition) is 6. The predicted molar refractivity (Wildman–Crippen MR) is 99.9 cm³/mol. The second-order valence-corrected chi connectivity index (χ2v) is 7.35. The number of aryl methyl sites for hydroxylation is 1. The lowest BCUT2D eigenvalue weighted by atomic mass is 10.0. The largest absolute Gasteiger partial charge is 0.507 e. The van der Waals surface area contributed by atoms with Gasteiger partial charge in [0.2, 0.25) is 0 Å². The van der Waals surface area contributed by atoms with Gasteiger partial charge in [-0.25, -0.2) is 0 Å². The monoisotopic (exact) mass is 371 g/mol. The Balaban J connectivity index is 2.28. The molecule has 0 aliphatic heterocycles. The molecule has 0 heterocycles. The summed E-state index contributed by atoms with van der Waals surface area (Å²) < 4.78 is 32.7. The average Bonchev–Trinajstić information content (AvgIpc) is 2.56. The number of rotatable bonds is 3. The average molecular weight is 371 g/mol. The van der Waals surface area contributed by atoms with Crippen molar-refractivity contribution in [3.05, 3.63) is 53.6 Å². The normalized spacial score (nSPS) is 12.1. The molecule has 0 aromatic heterocycles. The minimum Gasteiger partial charge on any atom is -0.507 e. The first-order valence-electron chi connectivity index (χ1n) is 7.69. The van der Waals surface area contributed by atoms with E-state index in [1.807, 2.05) is 25.1 Å². The van der Waals surface area contributed by atoms with Gasteiger partial charge in [-0.2, -0.15) is 13.5 Å². The van der Waals surface area contributed by atoms with Crippen LogP contribution in [0, 0.1) is 13.8 Å². The molecule has 0 atom stereocenters. The predicted octanol–water partition coefficient (Wildman–Crippen LogP) is 4.41. The third-order valence-corrected chi connectivity index (χ3v) is 5.03. The smallest absolute Gasteiger partial charge is 0.294 e. The van der Waals surface area contributed by atoms with Crippen LogP contribution in [-0.4, -0.2) is 18.1 Å². The number of nitrogens with two attached hydrogens (primary N) is 1. The summed E-state index contributed by atoms with van der Waals surface area (Å²) in [5.41, 5.74) is 8.12. The number of hydrogen-bond donors (Lipinski definition) is 3. The summed E-state index contributed by atoms with van der Waals surface area (Å²) >= 11 is 0. The number of aromatic hydroxyl groups is 1. The first-order chi connectivity index (χ1) is 12.2. The fraction of sp³-hybridized carbons (Fsp3) is 0.111. The van der Waals surface area contributed by atoms with Crippen molar-refractivity contribution < 1.29 is 18.1 Å². The van der Waals surface area contributed by atoms with Crippen molar-refractivity contribution in [3.63, 3.8) is 0 Å². The third kappa shape index (κ3) is 3.24. The maximum atomic E-state index is 11.6. The summed E-state index contributed by atoms with van der Waals surface area (Å²) in [6, 6.07) is 11.7. The van der Waals surface area contributed by atoms with Crippen LogP contribution in [0.15, 0.2) is 57.6 Å². The Hall–Kier alpha value is -2.97. The summed E-state index contributed by atoms with van der Waals surface area (Å²) in [5, 5.41) is 19.3. The summed E-state index contributed by atoms with van der Waals surface area (Å²) in [6.45, 7) is 3.33. The highest BCUT2D eigenvalue weighted by Crippen LogP contribution is 2.41.